The van der Waals surface area contributed by atoms with Crippen molar-refractivity contribution < 1.29 is 0 Å². The summed E-state index contributed by atoms with van der Waals surface area (Å²) in [5.74, 6) is 1.25. The van der Waals surface area contributed by atoms with Crippen molar-refractivity contribution in [3.05, 3.63) is 16.4 Å². The lowest BCUT2D eigenvalue weighted by Gasteiger charge is -2.18. The monoisotopic (exact) mass is 291 g/mol. The minimum atomic E-state index is 0.322. The van der Waals surface area contributed by atoms with Crippen LogP contribution in [0.5, 0.6) is 0 Å². The SMILES string of the molecule is CCc1nn(C)c(CNC(CCl)CC(C)C)c1Cl. The van der Waals surface area contributed by atoms with E-state index in [0.29, 0.717) is 24.4 Å². The van der Waals surface area contributed by atoms with Crippen molar-refractivity contribution in [3.8, 4) is 0 Å². The third-order valence-corrected chi connectivity index (χ3v) is 3.81. The van der Waals surface area contributed by atoms with E-state index >= 15 is 0 Å². The molecular weight excluding hydrogens is 269 g/mol. The maximum absolute atomic E-state index is 6.31. The van der Waals surface area contributed by atoms with Crippen LogP contribution < -0.4 is 5.32 Å². The molecule has 5 heteroatoms. The predicted octanol–water partition coefficient (Wildman–Crippen LogP) is 3.38. The molecule has 1 rings (SSSR count). The lowest BCUT2D eigenvalue weighted by Crippen LogP contribution is -2.32. The molecule has 1 N–H and O–H groups in total. The van der Waals surface area contributed by atoms with Crippen molar-refractivity contribution in [2.24, 2.45) is 13.0 Å². The van der Waals surface area contributed by atoms with Gasteiger partial charge in [-0.05, 0) is 18.8 Å². The van der Waals surface area contributed by atoms with Gasteiger partial charge in [0.1, 0.15) is 0 Å². The molecule has 1 unspecified atom stereocenters. The molecule has 0 aliphatic heterocycles. The summed E-state index contributed by atoms with van der Waals surface area (Å²) in [7, 11) is 1.93. The molecule has 0 radical (unpaired) electrons. The summed E-state index contributed by atoms with van der Waals surface area (Å²) in [5.41, 5.74) is 2.00. The van der Waals surface area contributed by atoms with E-state index < -0.39 is 0 Å². The predicted molar refractivity (Wildman–Crippen MR) is 78.4 cm³/mol. The van der Waals surface area contributed by atoms with Crippen LogP contribution in [0.3, 0.4) is 0 Å². The fourth-order valence-electron chi connectivity index (χ4n) is 2.02. The Kier molecular flexibility index (Phi) is 6.47. The summed E-state index contributed by atoms with van der Waals surface area (Å²) in [4.78, 5) is 0. The average Bonchev–Trinajstić information content (AvgIpc) is 2.59. The Balaban J connectivity index is 2.64. The molecule has 0 aromatic carbocycles. The first kappa shape index (κ1) is 15.8. The number of rotatable bonds is 7. The van der Waals surface area contributed by atoms with Crippen LogP contribution in [0.25, 0.3) is 0 Å². The third kappa shape index (κ3) is 4.15. The number of nitrogens with zero attached hydrogens (tertiary/aromatic N) is 2. The first-order chi connectivity index (χ1) is 8.49. The van der Waals surface area contributed by atoms with Gasteiger partial charge in [-0.2, -0.15) is 5.10 Å². The molecule has 104 valence electrons. The molecule has 0 saturated carbocycles. The van der Waals surface area contributed by atoms with Gasteiger partial charge >= 0.3 is 0 Å². The Morgan fingerprint density at radius 2 is 2.06 bits per heavy atom. The van der Waals surface area contributed by atoms with Crippen LogP contribution in [0.1, 0.15) is 38.6 Å². The van der Waals surface area contributed by atoms with Crippen LogP contribution in [-0.4, -0.2) is 21.7 Å². The Labute approximate surface area is 120 Å². The van der Waals surface area contributed by atoms with Crippen LogP contribution >= 0.6 is 23.2 Å². The number of alkyl halides is 1. The number of hydrogen-bond acceptors (Lipinski definition) is 2. The molecule has 0 aliphatic rings. The van der Waals surface area contributed by atoms with Gasteiger partial charge < -0.3 is 5.32 Å². The second-order valence-electron chi connectivity index (χ2n) is 5.05. The Morgan fingerprint density at radius 1 is 1.39 bits per heavy atom. The van der Waals surface area contributed by atoms with Crippen molar-refractivity contribution >= 4 is 23.2 Å². The first-order valence-corrected chi connectivity index (χ1v) is 7.40. The standard InChI is InChI=1S/C13H23Cl2N3/c1-5-11-13(15)12(18(4)17-11)8-16-10(7-14)6-9(2)3/h9-10,16H,5-8H2,1-4H3. The Hall–Kier alpha value is -0.250. The number of aryl methyl sites for hydroxylation is 2. The quantitative estimate of drug-likeness (QED) is 0.781. The van der Waals surface area contributed by atoms with Gasteiger partial charge in [0.15, 0.2) is 0 Å². The van der Waals surface area contributed by atoms with E-state index in [0.717, 1.165) is 29.3 Å². The zero-order valence-electron chi connectivity index (χ0n) is 11.6. The third-order valence-electron chi connectivity index (χ3n) is 3.00. The fourth-order valence-corrected chi connectivity index (χ4v) is 2.62. The minimum absolute atomic E-state index is 0.322. The summed E-state index contributed by atoms with van der Waals surface area (Å²) in [6.45, 7) is 7.18. The van der Waals surface area contributed by atoms with Gasteiger partial charge in [-0.1, -0.05) is 32.4 Å². The van der Waals surface area contributed by atoms with E-state index in [1.165, 1.54) is 0 Å². The molecule has 0 bridgehead atoms. The maximum atomic E-state index is 6.31. The number of nitrogens with one attached hydrogen (secondary N) is 1. The second kappa shape index (κ2) is 7.37. The van der Waals surface area contributed by atoms with Crippen molar-refractivity contribution in [2.45, 2.75) is 46.2 Å². The number of hydrogen-bond donors (Lipinski definition) is 1. The highest BCUT2D eigenvalue weighted by Gasteiger charge is 2.15. The molecule has 1 heterocycles. The highest BCUT2D eigenvalue weighted by Crippen LogP contribution is 2.21. The van der Waals surface area contributed by atoms with E-state index in [4.69, 9.17) is 23.2 Å². The van der Waals surface area contributed by atoms with Crippen LogP contribution in [0.2, 0.25) is 5.02 Å². The molecule has 0 spiro atoms. The normalized spacial score (nSPS) is 13.3. The van der Waals surface area contributed by atoms with E-state index in [2.05, 4.69) is 31.2 Å². The van der Waals surface area contributed by atoms with Gasteiger partial charge in [-0.3, -0.25) is 4.68 Å². The zero-order chi connectivity index (χ0) is 13.7. The summed E-state index contributed by atoms with van der Waals surface area (Å²) >= 11 is 12.3. The summed E-state index contributed by atoms with van der Waals surface area (Å²) in [6, 6.07) is 0.322. The van der Waals surface area contributed by atoms with E-state index in [1.54, 1.807) is 0 Å². The van der Waals surface area contributed by atoms with Crippen molar-refractivity contribution in [3.63, 3.8) is 0 Å². The van der Waals surface area contributed by atoms with Gasteiger partial charge in [-0.25, -0.2) is 0 Å². The molecule has 0 amide bonds. The van der Waals surface area contributed by atoms with Crippen LogP contribution in [0.4, 0.5) is 0 Å². The van der Waals surface area contributed by atoms with Crippen LogP contribution in [0, 0.1) is 5.92 Å². The van der Waals surface area contributed by atoms with Crippen molar-refractivity contribution in [1.82, 2.24) is 15.1 Å². The van der Waals surface area contributed by atoms with Crippen LogP contribution in [0.15, 0.2) is 0 Å². The highest BCUT2D eigenvalue weighted by molar-refractivity contribution is 6.31. The Bertz CT molecular complexity index is 375. The average molecular weight is 292 g/mol. The topological polar surface area (TPSA) is 29.9 Å². The molecule has 1 aromatic rings. The molecular formula is C13H23Cl2N3. The fraction of sp³-hybridized carbons (Fsp3) is 0.769. The molecule has 0 aliphatic carbocycles. The van der Waals surface area contributed by atoms with Gasteiger partial charge in [0, 0.05) is 25.5 Å². The maximum Gasteiger partial charge on any atom is 0.0863 e. The molecule has 18 heavy (non-hydrogen) atoms. The van der Waals surface area contributed by atoms with E-state index in [1.807, 2.05) is 11.7 Å². The molecule has 1 aromatic heterocycles. The van der Waals surface area contributed by atoms with Gasteiger partial charge in [0.2, 0.25) is 0 Å². The number of aromatic nitrogens is 2. The molecule has 0 saturated heterocycles. The molecule has 3 nitrogen and oxygen atoms in total. The second-order valence-corrected chi connectivity index (χ2v) is 5.73. The van der Waals surface area contributed by atoms with Gasteiger partial charge in [0.05, 0.1) is 16.4 Å². The Morgan fingerprint density at radius 3 is 2.50 bits per heavy atom. The lowest BCUT2D eigenvalue weighted by atomic mass is 10.1. The highest BCUT2D eigenvalue weighted by atomic mass is 35.5. The molecule has 0 fully saturated rings. The summed E-state index contributed by atoms with van der Waals surface area (Å²) in [5, 5.41) is 8.65. The lowest BCUT2D eigenvalue weighted by molar-refractivity contribution is 0.438. The van der Waals surface area contributed by atoms with E-state index in [-0.39, 0.29) is 0 Å². The van der Waals surface area contributed by atoms with Crippen LogP contribution in [-0.2, 0) is 20.0 Å². The largest absolute Gasteiger partial charge is 0.307 e. The number of halogens is 2. The van der Waals surface area contributed by atoms with Gasteiger partial charge in [0.25, 0.3) is 0 Å². The van der Waals surface area contributed by atoms with E-state index in [9.17, 15) is 0 Å². The summed E-state index contributed by atoms with van der Waals surface area (Å²) in [6.07, 6.45) is 1.93. The smallest absolute Gasteiger partial charge is 0.0863 e. The minimum Gasteiger partial charge on any atom is -0.307 e. The van der Waals surface area contributed by atoms with Gasteiger partial charge in [-0.15, -0.1) is 11.6 Å². The van der Waals surface area contributed by atoms with Crippen molar-refractivity contribution in [1.29, 1.82) is 0 Å². The van der Waals surface area contributed by atoms with Crippen molar-refractivity contribution in [2.75, 3.05) is 5.88 Å². The molecule has 1 atom stereocenters. The first-order valence-electron chi connectivity index (χ1n) is 6.49. The summed E-state index contributed by atoms with van der Waals surface area (Å²) < 4.78 is 1.86. The zero-order valence-corrected chi connectivity index (χ0v) is 13.1.